The minimum atomic E-state index is -3.37. The molecule has 7 heteroatoms. The Morgan fingerprint density at radius 3 is 2.79 bits per heavy atom. The number of sulfone groups is 1. The minimum Gasteiger partial charge on any atom is -0.506 e. The van der Waals surface area contributed by atoms with E-state index in [4.69, 9.17) is 0 Å². The lowest BCUT2D eigenvalue weighted by Gasteiger charge is -2.13. The maximum absolute atomic E-state index is 11.9. The summed E-state index contributed by atoms with van der Waals surface area (Å²) in [5.41, 5.74) is 0.113. The van der Waals surface area contributed by atoms with Crippen molar-refractivity contribution >= 4 is 21.4 Å². The van der Waals surface area contributed by atoms with Crippen LogP contribution < -0.4 is 10.6 Å². The number of phenols is 1. The van der Waals surface area contributed by atoms with Gasteiger partial charge in [0, 0.05) is 6.26 Å². The van der Waals surface area contributed by atoms with Gasteiger partial charge in [0.25, 0.3) is 0 Å². The summed E-state index contributed by atoms with van der Waals surface area (Å²) in [6.07, 6.45) is 2.73. The van der Waals surface area contributed by atoms with Gasteiger partial charge in [-0.25, -0.2) is 8.42 Å². The molecule has 0 aliphatic carbocycles. The molecule has 2 rings (SSSR count). The van der Waals surface area contributed by atoms with E-state index < -0.39 is 9.84 Å². The second-order valence-corrected chi connectivity index (χ2v) is 6.61. The molecule has 3 N–H and O–H groups in total. The summed E-state index contributed by atoms with van der Waals surface area (Å²) in [6, 6.07) is 3.53. The van der Waals surface area contributed by atoms with Crippen LogP contribution in [0, 0.1) is 0 Å². The molecule has 0 radical (unpaired) electrons. The third-order valence-corrected chi connectivity index (χ3v) is 4.14. The number of nitrogens with one attached hydrogen (secondary N) is 2. The van der Waals surface area contributed by atoms with Crippen molar-refractivity contribution in [3.05, 3.63) is 18.2 Å². The largest absolute Gasteiger partial charge is 0.506 e. The van der Waals surface area contributed by atoms with Crippen LogP contribution in [0.4, 0.5) is 5.69 Å². The third-order valence-electron chi connectivity index (χ3n) is 3.03. The van der Waals surface area contributed by atoms with E-state index in [0.717, 1.165) is 25.6 Å². The van der Waals surface area contributed by atoms with E-state index in [1.165, 1.54) is 18.2 Å². The van der Waals surface area contributed by atoms with Crippen molar-refractivity contribution in [3.63, 3.8) is 0 Å². The molecule has 0 bridgehead atoms. The van der Waals surface area contributed by atoms with E-state index in [1.54, 1.807) is 0 Å². The van der Waals surface area contributed by atoms with Crippen molar-refractivity contribution in [3.8, 4) is 5.75 Å². The number of hydrogen-bond donors (Lipinski definition) is 3. The zero-order valence-corrected chi connectivity index (χ0v) is 11.3. The Bertz CT molecular complexity index is 592. The maximum atomic E-state index is 11.9. The summed E-state index contributed by atoms with van der Waals surface area (Å²) in [7, 11) is -3.37. The summed E-state index contributed by atoms with van der Waals surface area (Å²) in [5.74, 6) is -0.419. The van der Waals surface area contributed by atoms with Crippen LogP contribution in [-0.2, 0) is 14.6 Å². The highest BCUT2D eigenvalue weighted by molar-refractivity contribution is 7.90. The molecule has 19 heavy (non-hydrogen) atoms. The van der Waals surface area contributed by atoms with Crippen molar-refractivity contribution in [1.82, 2.24) is 5.32 Å². The SMILES string of the molecule is CS(=O)(=O)c1ccc(O)c(NC(=O)C2CCCN2)c1. The van der Waals surface area contributed by atoms with E-state index in [1.807, 2.05) is 0 Å². The molecule has 6 nitrogen and oxygen atoms in total. The normalized spacial score (nSPS) is 19.3. The molecule has 1 unspecified atom stereocenters. The van der Waals surface area contributed by atoms with E-state index >= 15 is 0 Å². The molecule has 104 valence electrons. The molecule has 1 atom stereocenters. The van der Waals surface area contributed by atoms with Crippen LogP contribution in [-0.4, -0.2) is 38.3 Å². The molecule has 0 aromatic heterocycles. The average Bonchev–Trinajstić information content (AvgIpc) is 2.84. The van der Waals surface area contributed by atoms with Gasteiger partial charge in [0.15, 0.2) is 9.84 Å². The van der Waals surface area contributed by atoms with Gasteiger partial charge in [-0.2, -0.15) is 0 Å². The van der Waals surface area contributed by atoms with Gasteiger partial charge >= 0.3 is 0 Å². The van der Waals surface area contributed by atoms with Crippen LogP contribution in [0.1, 0.15) is 12.8 Å². The molecule has 0 spiro atoms. The highest BCUT2D eigenvalue weighted by Gasteiger charge is 2.23. The van der Waals surface area contributed by atoms with Crippen LogP contribution in [0.3, 0.4) is 0 Å². The molecule has 1 fully saturated rings. The topological polar surface area (TPSA) is 95.5 Å². The average molecular weight is 284 g/mol. The van der Waals surface area contributed by atoms with Gasteiger partial charge < -0.3 is 15.7 Å². The van der Waals surface area contributed by atoms with Crippen molar-refractivity contribution in [1.29, 1.82) is 0 Å². The van der Waals surface area contributed by atoms with Gasteiger partial charge in [-0.15, -0.1) is 0 Å². The van der Waals surface area contributed by atoms with Crippen molar-refractivity contribution in [2.45, 2.75) is 23.8 Å². The molecule has 1 amide bonds. The van der Waals surface area contributed by atoms with Crippen LogP contribution in [0.25, 0.3) is 0 Å². The molecule has 1 heterocycles. The lowest BCUT2D eigenvalue weighted by molar-refractivity contribution is -0.117. The van der Waals surface area contributed by atoms with Crippen molar-refractivity contribution in [2.75, 3.05) is 18.1 Å². The molecule has 0 saturated carbocycles. The van der Waals surface area contributed by atoms with Crippen molar-refractivity contribution < 1.29 is 18.3 Å². The van der Waals surface area contributed by atoms with Crippen LogP contribution >= 0.6 is 0 Å². The number of hydrogen-bond acceptors (Lipinski definition) is 5. The van der Waals surface area contributed by atoms with E-state index in [0.29, 0.717) is 0 Å². The predicted molar refractivity (Wildman–Crippen MR) is 70.9 cm³/mol. The van der Waals surface area contributed by atoms with Gasteiger partial charge in [0.1, 0.15) is 5.75 Å². The Kier molecular flexibility index (Phi) is 3.77. The van der Waals surface area contributed by atoms with Gasteiger partial charge in [0.2, 0.25) is 5.91 Å². The maximum Gasteiger partial charge on any atom is 0.241 e. The number of rotatable bonds is 3. The standard InChI is InChI=1S/C12H16N2O4S/c1-19(17,18)8-4-5-11(15)10(7-8)14-12(16)9-3-2-6-13-9/h4-5,7,9,13,15H,2-3,6H2,1H3,(H,14,16). The summed E-state index contributed by atoms with van der Waals surface area (Å²) < 4.78 is 22.9. The van der Waals surface area contributed by atoms with E-state index in [2.05, 4.69) is 10.6 Å². The lowest BCUT2D eigenvalue weighted by Crippen LogP contribution is -2.35. The molecule has 1 aliphatic heterocycles. The first-order valence-electron chi connectivity index (χ1n) is 5.95. The second kappa shape index (κ2) is 5.18. The van der Waals surface area contributed by atoms with Gasteiger partial charge in [-0.3, -0.25) is 4.79 Å². The highest BCUT2D eigenvalue weighted by atomic mass is 32.2. The van der Waals surface area contributed by atoms with Gasteiger partial charge in [0.05, 0.1) is 16.6 Å². The van der Waals surface area contributed by atoms with Crippen LogP contribution in [0.5, 0.6) is 5.75 Å². The lowest BCUT2D eigenvalue weighted by atomic mass is 10.2. The Morgan fingerprint density at radius 2 is 2.21 bits per heavy atom. The first-order valence-corrected chi connectivity index (χ1v) is 7.84. The minimum absolute atomic E-state index is 0.0555. The first kappa shape index (κ1) is 13.8. The summed E-state index contributed by atoms with van der Waals surface area (Å²) >= 11 is 0. The number of carbonyl (C=O) groups is 1. The monoisotopic (exact) mass is 284 g/mol. The number of anilines is 1. The van der Waals surface area contributed by atoms with Crippen LogP contribution in [0.2, 0.25) is 0 Å². The van der Waals surface area contributed by atoms with Gasteiger partial charge in [-0.05, 0) is 37.6 Å². The highest BCUT2D eigenvalue weighted by Crippen LogP contribution is 2.26. The number of amides is 1. The molecular weight excluding hydrogens is 268 g/mol. The second-order valence-electron chi connectivity index (χ2n) is 4.59. The fourth-order valence-electron chi connectivity index (χ4n) is 1.97. The molecule has 1 aromatic rings. The number of benzene rings is 1. The zero-order chi connectivity index (χ0) is 14.0. The Hall–Kier alpha value is -1.60. The fraction of sp³-hybridized carbons (Fsp3) is 0.417. The molecular formula is C12H16N2O4S. The third kappa shape index (κ3) is 3.24. The smallest absolute Gasteiger partial charge is 0.241 e. The predicted octanol–water partition coefficient (Wildman–Crippen LogP) is 0.486. The Labute approximate surface area is 111 Å². The summed E-state index contributed by atoms with van der Waals surface area (Å²) in [5, 5.41) is 15.2. The van der Waals surface area contributed by atoms with E-state index in [9.17, 15) is 18.3 Å². The summed E-state index contributed by atoms with van der Waals surface area (Å²) in [6.45, 7) is 0.785. The van der Waals surface area contributed by atoms with Gasteiger partial charge in [-0.1, -0.05) is 0 Å². The zero-order valence-electron chi connectivity index (χ0n) is 10.5. The Morgan fingerprint density at radius 1 is 1.47 bits per heavy atom. The summed E-state index contributed by atoms with van der Waals surface area (Å²) in [4.78, 5) is 11.9. The molecule has 1 aromatic carbocycles. The first-order chi connectivity index (χ1) is 8.88. The van der Waals surface area contributed by atoms with Crippen molar-refractivity contribution in [2.24, 2.45) is 0 Å². The number of aromatic hydroxyl groups is 1. The molecule has 1 aliphatic rings. The molecule has 1 saturated heterocycles. The quantitative estimate of drug-likeness (QED) is 0.702. The van der Waals surface area contributed by atoms with E-state index in [-0.39, 0.29) is 28.3 Å². The Balaban J connectivity index is 2.22. The fourth-order valence-corrected chi connectivity index (χ4v) is 2.62. The van der Waals surface area contributed by atoms with Crippen LogP contribution in [0.15, 0.2) is 23.1 Å². The number of carbonyl (C=O) groups excluding carboxylic acids is 1. The number of phenolic OH excluding ortho intramolecular Hbond substituents is 1.